The van der Waals surface area contributed by atoms with Crippen LogP contribution in [0.15, 0.2) is 47.8 Å². The Hall–Kier alpha value is -3.03. The molecule has 3 aromatic rings. The van der Waals surface area contributed by atoms with Gasteiger partial charge in [0.15, 0.2) is 0 Å². The molecule has 1 N–H and O–H groups in total. The maximum Gasteiger partial charge on any atom is 0.341 e. The summed E-state index contributed by atoms with van der Waals surface area (Å²) in [6.45, 7) is 0. The molecule has 29 heavy (non-hydrogen) atoms. The van der Waals surface area contributed by atoms with E-state index >= 15 is 0 Å². The number of carbonyl (C=O) groups excluding carboxylic acids is 2. The molecule has 1 aromatic heterocycles. The number of rotatable bonds is 6. The average molecular weight is 432 g/mol. The van der Waals surface area contributed by atoms with E-state index in [9.17, 15) is 9.59 Å². The van der Waals surface area contributed by atoms with Crippen LogP contribution in [0.5, 0.6) is 11.5 Å². The summed E-state index contributed by atoms with van der Waals surface area (Å²) in [6, 6.07) is 11.9. The number of thiophene rings is 1. The predicted molar refractivity (Wildman–Crippen MR) is 114 cm³/mol. The topological polar surface area (TPSA) is 73.9 Å². The number of methoxy groups -OCH3 is 3. The van der Waals surface area contributed by atoms with E-state index in [1.807, 2.05) is 0 Å². The number of carbonyl (C=O) groups is 2. The zero-order chi connectivity index (χ0) is 21.0. The molecule has 6 nitrogen and oxygen atoms in total. The zero-order valence-electron chi connectivity index (χ0n) is 15.9. The number of ether oxygens (including phenoxy) is 3. The third-order valence-electron chi connectivity index (χ3n) is 4.22. The predicted octanol–water partition coefficient (Wildman–Crippen LogP) is 5.12. The number of amides is 1. The van der Waals surface area contributed by atoms with E-state index in [-0.39, 0.29) is 5.56 Å². The Morgan fingerprint density at radius 3 is 2.34 bits per heavy atom. The van der Waals surface area contributed by atoms with Crippen molar-refractivity contribution in [1.29, 1.82) is 0 Å². The van der Waals surface area contributed by atoms with Crippen molar-refractivity contribution in [3.8, 4) is 22.6 Å². The first-order valence-corrected chi connectivity index (χ1v) is 9.73. The van der Waals surface area contributed by atoms with Gasteiger partial charge in [-0.1, -0.05) is 23.7 Å². The first-order chi connectivity index (χ1) is 14.0. The Kier molecular flexibility index (Phi) is 6.41. The Morgan fingerprint density at radius 1 is 1.00 bits per heavy atom. The maximum atomic E-state index is 12.9. The molecule has 0 bridgehead atoms. The van der Waals surface area contributed by atoms with Crippen molar-refractivity contribution in [3.63, 3.8) is 0 Å². The lowest BCUT2D eigenvalue weighted by Crippen LogP contribution is -2.15. The Bertz CT molecular complexity index is 1050. The van der Waals surface area contributed by atoms with Crippen LogP contribution in [-0.2, 0) is 4.74 Å². The van der Waals surface area contributed by atoms with Crippen LogP contribution < -0.4 is 14.8 Å². The van der Waals surface area contributed by atoms with Crippen molar-refractivity contribution in [3.05, 3.63) is 64.0 Å². The van der Waals surface area contributed by atoms with Crippen LogP contribution in [0.3, 0.4) is 0 Å². The van der Waals surface area contributed by atoms with Gasteiger partial charge in [0.05, 0.1) is 26.9 Å². The molecule has 0 aliphatic heterocycles. The quantitative estimate of drug-likeness (QED) is 0.548. The third-order valence-corrected chi connectivity index (χ3v) is 5.36. The van der Waals surface area contributed by atoms with Crippen LogP contribution in [0.2, 0.25) is 5.02 Å². The Labute approximate surface area is 177 Å². The third kappa shape index (κ3) is 4.36. The molecule has 150 valence electrons. The molecule has 0 saturated heterocycles. The van der Waals surface area contributed by atoms with Crippen LogP contribution in [0.4, 0.5) is 5.00 Å². The van der Waals surface area contributed by atoms with Crippen molar-refractivity contribution < 1.29 is 23.8 Å². The molecule has 8 heteroatoms. The molecule has 1 amide bonds. The number of halogens is 1. The first-order valence-electron chi connectivity index (χ1n) is 8.47. The van der Waals surface area contributed by atoms with Crippen LogP contribution >= 0.6 is 22.9 Å². The Balaban J connectivity index is 1.98. The molecular weight excluding hydrogens is 414 g/mol. The molecule has 0 saturated carbocycles. The van der Waals surface area contributed by atoms with Gasteiger partial charge in [0.2, 0.25) is 0 Å². The number of hydrogen-bond acceptors (Lipinski definition) is 6. The zero-order valence-corrected chi connectivity index (χ0v) is 17.5. The van der Waals surface area contributed by atoms with Crippen LogP contribution in [0, 0.1) is 0 Å². The highest BCUT2D eigenvalue weighted by molar-refractivity contribution is 7.15. The summed E-state index contributed by atoms with van der Waals surface area (Å²) in [5.41, 5.74) is 2.02. The lowest BCUT2D eigenvalue weighted by atomic mass is 10.0. The number of hydrogen-bond donors (Lipinski definition) is 1. The monoisotopic (exact) mass is 431 g/mol. The molecule has 0 fully saturated rings. The van der Waals surface area contributed by atoms with Crippen LogP contribution in [-0.4, -0.2) is 33.2 Å². The van der Waals surface area contributed by atoms with E-state index in [2.05, 4.69) is 5.32 Å². The second-order valence-electron chi connectivity index (χ2n) is 5.87. The van der Waals surface area contributed by atoms with E-state index < -0.39 is 11.9 Å². The summed E-state index contributed by atoms with van der Waals surface area (Å²) < 4.78 is 15.4. The fourth-order valence-corrected chi connectivity index (χ4v) is 3.83. The fourth-order valence-electron chi connectivity index (χ4n) is 2.75. The van der Waals surface area contributed by atoms with E-state index in [0.29, 0.717) is 32.6 Å². The van der Waals surface area contributed by atoms with Gasteiger partial charge in [-0.25, -0.2) is 4.79 Å². The normalized spacial score (nSPS) is 10.3. The van der Waals surface area contributed by atoms with E-state index in [4.69, 9.17) is 25.8 Å². The number of anilines is 1. The molecule has 0 spiro atoms. The van der Waals surface area contributed by atoms with Gasteiger partial charge in [-0.15, -0.1) is 11.3 Å². The molecule has 0 aliphatic rings. The van der Waals surface area contributed by atoms with Gasteiger partial charge in [0.1, 0.15) is 22.1 Å². The summed E-state index contributed by atoms with van der Waals surface area (Å²) in [7, 11) is 4.29. The molecule has 0 radical (unpaired) electrons. The molecule has 0 unspecified atom stereocenters. The van der Waals surface area contributed by atoms with Crippen molar-refractivity contribution >= 4 is 39.8 Å². The highest BCUT2D eigenvalue weighted by Crippen LogP contribution is 2.37. The first kappa shape index (κ1) is 20.7. The van der Waals surface area contributed by atoms with Gasteiger partial charge in [0.25, 0.3) is 5.91 Å². The summed E-state index contributed by atoms with van der Waals surface area (Å²) in [5.74, 6) is -0.0434. The summed E-state index contributed by atoms with van der Waals surface area (Å²) in [6.07, 6.45) is 0. The average Bonchev–Trinajstić information content (AvgIpc) is 3.16. The van der Waals surface area contributed by atoms with Gasteiger partial charge in [-0.05, 0) is 29.8 Å². The number of esters is 1. The molecule has 3 rings (SSSR count). The second kappa shape index (κ2) is 8.98. The minimum Gasteiger partial charge on any atom is -0.497 e. The molecule has 1 heterocycles. The standard InChI is InChI=1S/C21H18ClNO5S/c1-26-14-8-9-15(17(10-14)27-2)19(24)23-20-18(21(25)28-3)16(11-29-20)12-4-6-13(22)7-5-12/h4-11H,1-3H3,(H,23,24). The van der Waals surface area contributed by atoms with Crippen LogP contribution in [0.1, 0.15) is 20.7 Å². The van der Waals surface area contributed by atoms with Gasteiger partial charge < -0.3 is 19.5 Å². The van der Waals surface area contributed by atoms with E-state index in [1.54, 1.807) is 47.8 Å². The Morgan fingerprint density at radius 2 is 1.72 bits per heavy atom. The van der Waals surface area contributed by atoms with Gasteiger partial charge >= 0.3 is 5.97 Å². The smallest absolute Gasteiger partial charge is 0.341 e. The van der Waals surface area contributed by atoms with Gasteiger partial charge in [-0.2, -0.15) is 0 Å². The van der Waals surface area contributed by atoms with E-state index in [0.717, 1.165) is 5.56 Å². The molecule has 0 atom stereocenters. The summed E-state index contributed by atoms with van der Waals surface area (Å²) >= 11 is 7.19. The SMILES string of the molecule is COC(=O)c1c(-c2ccc(Cl)cc2)csc1NC(=O)c1ccc(OC)cc1OC. The largest absolute Gasteiger partial charge is 0.497 e. The molecule has 0 aliphatic carbocycles. The van der Waals surface area contributed by atoms with Gasteiger partial charge in [-0.3, -0.25) is 4.79 Å². The fraction of sp³-hybridized carbons (Fsp3) is 0.143. The minimum atomic E-state index is -0.548. The highest BCUT2D eigenvalue weighted by Gasteiger charge is 2.23. The molecule has 2 aromatic carbocycles. The lowest BCUT2D eigenvalue weighted by molar-refractivity contribution is 0.0603. The summed E-state index contributed by atoms with van der Waals surface area (Å²) in [5, 5.41) is 5.54. The van der Waals surface area contributed by atoms with Crippen molar-refractivity contribution in [2.45, 2.75) is 0 Å². The van der Waals surface area contributed by atoms with Gasteiger partial charge in [0, 0.05) is 22.0 Å². The van der Waals surface area contributed by atoms with Crippen molar-refractivity contribution in [1.82, 2.24) is 0 Å². The highest BCUT2D eigenvalue weighted by atomic mass is 35.5. The number of benzene rings is 2. The minimum absolute atomic E-state index is 0.278. The number of nitrogens with one attached hydrogen (secondary N) is 1. The second-order valence-corrected chi connectivity index (χ2v) is 7.19. The maximum absolute atomic E-state index is 12.9. The molecular formula is C21H18ClNO5S. The van der Waals surface area contributed by atoms with Crippen molar-refractivity contribution in [2.75, 3.05) is 26.6 Å². The lowest BCUT2D eigenvalue weighted by Gasteiger charge is -2.11. The van der Waals surface area contributed by atoms with E-state index in [1.165, 1.54) is 32.7 Å². The van der Waals surface area contributed by atoms with Crippen molar-refractivity contribution in [2.24, 2.45) is 0 Å². The van der Waals surface area contributed by atoms with Crippen LogP contribution in [0.25, 0.3) is 11.1 Å². The summed E-state index contributed by atoms with van der Waals surface area (Å²) in [4.78, 5) is 25.3.